The van der Waals surface area contributed by atoms with Crippen molar-refractivity contribution in [2.45, 2.75) is 4.58 Å². The van der Waals surface area contributed by atoms with Gasteiger partial charge in [0.25, 0.3) is 4.58 Å². The second-order valence-corrected chi connectivity index (χ2v) is 7.11. The molecular formula is C4H6O6S2. The average Bonchev–Trinajstić information content (AvgIpc) is 2.01. The third-order valence-electron chi connectivity index (χ3n) is 1.51. The van der Waals surface area contributed by atoms with Gasteiger partial charge in [-0.1, -0.05) is 0 Å². The van der Waals surface area contributed by atoms with Crippen molar-refractivity contribution in [3.8, 4) is 0 Å². The summed E-state index contributed by atoms with van der Waals surface area (Å²) < 4.78 is 41.2. The summed E-state index contributed by atoms with van der Waals surface area (Å²) in [5, 5.41) is 8.33. The quantitative estimate of drug-likeness (QED) is 0.554. The third-order valence-corrected chi connectivity index (χ3v) is 6.78. The highest BCUT2D eigenvalue weighted by Gasteiger charge is 2.49. The van der Waals surface area contributed by atoms with Crippen LogP contribution in [0, 0.1) is 0 Å². The molecule has 0 amide bonds. The Kier molecular flexibility index (Phi) is 1.91. The van der Waals surface area contributed by atoms with Crippen molar-refractivity contribution in [3.63, 3.8) is 0 Å². The van der Waals surface area contributed by atoms with E-state index in [0.29, 0.717) is 0 Å². The Balaban J connectivity index is 3.34. The lowest BCUT2D eigenvalue weighted by molar-refractivity contribution is -0.134. The van der Waals surface area contributed by atoms with E-state index in [-0.39, 0.29) is 0 Å². The maximum absolute atomic E-state index is 10.9. The second-order valence-electron chi connectivity index (χ2n) is 2.40. The van der Waals surface area contributed by atoms with Gasteiger partial charge in [0.1, 0.15) is 0 Å². The Morgan fingerprint density at radius 3 is 1.58 bits per heavy atom. The monoisotopic (exact) mass is 214 g/mol. The smallest absolute Gasteiger partial charge is 0.337 e. The van der Waals surface area contributed by atoms with Gasteiger partial charge in [0.05, 0.1) is 11.5 Å². The molecule has 1 N–H and O–H groups in total. The molecular weight excluding hydrogens is 208 g/mol. The Bertz CT molecular complexity index is 367. The molecule has 0 aromatic carbocycles. The lowest BCUT2D eigenvalue weighted by atomic mass is 10.8. The largest absolute Gasteiger partial charge is 0.480 e. The molecule has 0 atom stereocenters. The van der Waals surface area contributed by atoms with Crippen molar-refractivity contribution in [2.75, 3.05) is 11.5 Å². The molecule has 0 unspecified atom stereocenters. The summed E-state index contributed by atoms with van der Waals surface area (Å²) in [5.74, 6) is -2.99. The predicted molar refractivity (Wildman–Crippen MR) is 39.0 cm³/mol. The molecule has 0 bridgehead atoms. The van der Waals surface area contributed by atoms with E-state index in [9.17, 15) is 21.6 Å². The molecule has 1 aliphatic rings. The van der Waals surface area contributed by atoms with Crippen molar-refractivity contribution in [3.05, 3.63) is 0 Å². The average molecular weight is 214 g/mol. The maximum Gasteiger partial charge on any atom is 0.337 e. The molecule has 1 aliphatic heterocycles. The molecule has 0 aromatic heterocycles. The summed E-state index contributed by atoms with van der Waals surface area (Å²) in [6.45, 7) is 0. The van der Waals surface area contributed by atoms with Crippen molar-refractivity contribution in [1.29, 1.82) is 0 Å². The summed E-state index contributed by atoms with van der Waals surface area (Å²) in [6.07, 6.45) is 0. The highest BCUT2D eigenvalue weighted by molar-refractivity contribution is 8.13. The van der Waals surface area contributed by atoms with Crippen LogP contribution in [0.15, 0.2) is 0 Å². The highest BCUT2D eigenvalue weighted by atomic mass is 32.3. The Morgan fingerprint density at radius 1 is 1.08 bits per heavy atom. The normalized spacial score (nSPS) is 27.0. The first-order valence-corrected chi connectivity index (χ1v) is 6.36. The molecule has 1 heterocycles. The minimum Gasteiger partial charge on any atom is -0.480 e. The van der Waals surface area contributed by atoms with Crippen LogP contribution in [0.3, 0.4) is 0 Å². The number of hydrogen-bond acceptors (Lipinski definition) is 5. The van der Waals surface area contributed by atoms with Crippen LogP contribution in [0.2, 0.25) is 0 Å². The number of carboxylic acids is 1. The second kappa shape index (κ2) is 2.43. The van der Waals surface area contributed by atoms with Gasteiger partial charge in [-0.25, -0.2) is 21.6 Å². The van der Waals surface area contributed by atoms with Gasteiger partial charge in [-0.3, -0.25) is 0 Å². The van der Waals surface area contributed by atoms with E-state index in [0.717, 1.165) is 0 Å². The molecule has 0 aliphatic carbocycles. The van der Waals surface area contributed by atoms with Gasteiger partial charge in [-0.2, -0.15) is 0 Å². The molecule has 0 saturated carbocycles. The van der Waals surface area contributed by atoms with Crippen LogP contribution in [-0.4, -0.2) is 44.0 Å². The van der Waals surface area contributed by atoms with Crippen LogP contribution >= 0.6 is 0 Å². The first-order chi connectivity index (χ1) is 5.27. The van der Waals surface area contributed by atoms with Crippen molar-refractivity contribution in [1.82, 2.24) is 0 Å². The van der Waals surface area contributed by atoms with Gasteiger partial charge in [-0.15, -0.1) is 0 Å². The molecule has 1 saturated heterocycles. The van der Waals surface area contributed by atoms with Gasteiger partial charge in [0.15, 0.2) is 19.7 Å². The van der Waals surface area contributed by atoms with Crippen LogP contribution < -0.4 is 0 Å². The van der Waals surface area contributed by atoms with E-state index < -0.39 is 41.7 Å². The standard InChI is InChI=1S/C4H6O6S2/c5-3(6)4-11(7,8)1-2-12(4,9)10/h4H,1-2H2,(H,5,6). The van der Waals surface area contributed by atoms with Crippen molar-refractivity contribution in [2.24, 2.45) is 0 Å². The molecule has 12 heavy (non-hydrogen) atoms. The Labute approximate surface area is 69.0 Å². The van der Waals surface area contributed by atoms with Crippen molar-refractivity contribution < 1.29 is 26.7 Å². The predicted octanol–water partition coefficient (Wildman–Crippen LogP) is -1.76. The summed E-state index contributed by atoms with van der Waals surface area (Å²) in [6, 6.07) is 0. The third kappa shape index (κ3) is 1.31. The van der Waals surface area contributed by atoms with E-state index in [1.807, 2.05) is 0 Å². The van der Waals surface area contributed by atoms with Crippen LogP contribution in [-0.2, 0) is 24.5 Å². The number of carbonyl (C=O) groups is 1. The van der Waals surface area contributed by atoms with Crippen LogP contribution in [0.5, 0.6) is 0 Å². The maximum atomic E-state index is 10.9. The molecule has 6 nitrogen and oxygen atoms in total. The fourth-order valence-corrected chi connectivity index (χ4v) is 6.24. The molecule has 8 heteroatoms. The summed E-state index contributed by atoms with van der Waals surface area (Å²) in [7, 11) is -7.96. The first-order valence-electron chi connectivity index (χ1n) is 2.93. The topological polar surface area (TPSA) is 106 Å². The lowest BCUT2D eigenvalue weighted by Gasteiger charge is -2.00. The van der Waals surface area contributed by atoms with Crippen molar-refractivity contribution >= 4 is 25.6 Å². The van der Waals surface area contributed by atoms with Gasteiger partial charge in [0.2, 0.25) is 0 Å². The SMILES string of the molecule is O=C(O)C1S(=O)(=O)CCS1(=O)=O. The molecule has 0 radical (unpaired) electrons. The summed E-state index contributed by atoms with van der Waals surface area (Å²) >= 11 is 0. The highest BCUT2D eigenvalue weighted by Crippen LogP contribution is 2.20. The van der Waals surface area contributed by atoms with Gasteiger partial charge < -0.3 is 5.11 Å². The molecule has 1 rings (SSSR count). The van der Waals surface area contributed by atoms with Gasteiger partial charge in [-0.05, 0) is 0 Å². The van der Waals surface area contributed by atoms with E-state index >= 15 is 0 Å². The van der Waals surface area contributed by atoms with Crippen LogP contribution in [0.4, 0.5) is 0 Å². The van der Waals surface area contributed by atoms with E-state index in [2.05, 4.69) is 0 Å². The fourth-order valence-electron chi connectivity index (χ4n) is 0.977. The lowest BCUT2D eigenvalue weighted by Crippen LogP contribution is -2.31. The van der Waals surface area contributed by atoms with E-state index in [1.165, 1.54) is 0 Å². The van der Waals surface area contributed by atoms with E-state index in [4.69, 9.17) is 5.11 Å². The van der Waals surface area contributed by atoms with E-state index in [1.54, 1.807) is 0 Å². The Morgan fingerprint density at radius 2 is 1.42 bits per heavy atom. The van der Waals surface area contributed by atoms with Gasteiger partial charge in [0, 0.05) is 0 Å². The molecule has 1 fully saturated rings. The zero-order valence-electron chi connectivity index (χ0n) is 5.80. The minimum atomic E-state index is -3.98. The van der Waals surface area contributed by atoms with Gasteiger partial charge >= 0.3 is 5.97 Å². The van der Waals surface area contributed by atoms with Crippen LogP contribution in [0.1, 0.15) is 0 Å². The number of sulfone groups is 2. The number of carboxylic acid groups (broad SMARTS) is 1. The summed E-state index contributed by atoms with van der Waals surface area (Å²) in [5.41, 5.74) is 0. The summed E-state index contributed by atoms with van der Waals surface area (Å²) in [4.78, 5) is 10.3. The van der Waals surface area contributed by atoms with Crippen LogP contribution in [0.25, 0.3) is 0 Å². The first kappa shape index (κ1) is 9.46. The minimum absolute atomic E-state index is 0.591. The fraction of sp³-hybridized carbons (Fsp3) is 0.750. The molecule has 0 spiro atoms. The zero-order chi connectivity index (χ0) is 9.57. The molecule has 0 aromatic rings. The number of aliphatic carboxylic acids is 1. The number of hydrogen-bond donors (Lipinski definition) is 1. The Hall–Kier alpha value is -0.630. The zero-order valence-corrected chi connectivity index (χ0v) is 7.43. The molecule has 70 valence electrons. The number of rotatable bonds is 1.